The van der Waals surface area contributed by atoms with Gasteiger partial charge in [0.2, 0.25) is 0 Å². The van der Waals surface area contributed by atoms with Gasteiger partial charge in [-0.25, -0.2) is 4.79 Å². The summed E-state index contributed by atoms with van der Waals surface area (Å²) >= 11 is 0. The Morgan fingerprint density at radius 2 is 1.68 bits per heavy atom. The maximum Gasteiger partial charge on any atom is 0.410 e. The highest BCUT2D eigenvalue weighted by atomic mass is 16.6. The molecule has 1 heterocycles. The normalized spacial score (nSPS) is 22.1. The number of rotatable bonds is 8. The van der Waals surface area contributed by atoms with Gasteiger partial charge in [0.05, 0.1) is 0 Å². The first-order chi connectivity index (χ1) is 16.3. The van der Waals surface area contributed by atoms with Crippen molar-refractivity contribution >= 4 is 6.09 Å². The maximum absolute atomic E-state index is 13.2. The maximum atomic E-state index is 13.2. The molecule has 6 heteroatoms. The van der Waals surface area contributed by atoms with E-state index in [0.717, 1.165) is 38.1 Å². The van der Waals surface area contributed by atoms with E-state index in [1.165, 1.54) is 5.56 Å². The van der Waals surface area contributed by atoms with E-state index < -0.39 is 11.7 Å². The van der Waals surface area contributed by atoms with E-state index in [2.05, 4.69) is 29.2 Å². The van der Waals surface area contributed by atoms with Crippen molar-refractivity contribution in [3.63, 3.8) is 0 Å². The third-order valence-electron chi connectivity index (χ3n) is 6.55. The Bertz CT molecular complexity index is 907. The highest BCUT2D eigenvalue weighted by Crippen LogP contribution is 2.46. The van der Waals surface area contributed by atoms with Gasteiger partial charge >= 0.3 is 6.09 Å². The molecule has 2 aliphatic rings. The molecule has 0 aromatic heterocycles. The van der Waals surface area contributed by atoms with Crippen LogP contribution < -0.4 is 4.74 Å². The molecule has 3 atom stereocenters. The lowest BCUT2D eigenvalue weighted by Crippen LogP contribution is -2.51. The molecular weight excluding hydrogens is 428 g/mol. The molecule has 0 bridgehead atoms. The number of β-amino-alcohol motifs (C(OH)–C–C–N with tert-alkyl or cyclic N) is 1. The number of hydrogen-bond acceptors (Lipinski definition) is 5. The number of amides is 1. The predicted octanol–water partition coefficient (Wildman–Crippen LogP) is 4.68. The van der Waals surface area contributed by atoms with Gasteiger partial charge in [-0.1, -0.05) is 48.5 Å². The van der Waals surface area contributed by atoms with Crippen molar-refractivity contribution in [2.75, 3.05) is 26.2 Å². The third-order valence-corrected chi connectivity index (χ3v) is 6.55. The Balaban J connectivity index is 1.32. The minimum atomic E-state index is -0.551. The number of carbonyl (C=O) groups excluding carboxylic acids is 1. The Kier molecular flexibility index (Phi) is 7.79. The van der Waals surface area contributed by atoms with Crippen LogP contribution in [0.25, 0.3) is 0 Å². The van der Waals surface area contributed by atoms with Crippen LogP contribution in [-0.2, 0) is 4.74 Å². The summed E-state index contributed by atoms with van der Waals surface area (Å²) < 4.78 is 11.5. The van der Waals surface area contributed by atoms with E-state index in [-0.39, 0.29) is 24.8 Å². The average Bonchev–Trinajstić information content (AvgIpc) is 3.59. The predicted molar refractivity (Wildman–Crippen MR) is 133 cm³/mol. The zero-order valence-electron chi connectivity index (χ0n) is 20.6. The second-order valence-electron chi connectivity index (χ2n) is 10.5. The van der Waals surface area contributed by atoms with E-state index >= 15 is 0 Å². The Morgan fingerprint density at radius 1 is 1.06 bits per heavy atom. The molecule has 1 amide bonds. The number of hydrogen-bond donors (Lipinski definition) is 1. The highest BCUT2D eigenvalue weighted by molar-refractivity contribution is 5.70. The highest BCUT2D eigenvalue weighted by Gasteiger charge is 2.48. The zero-order chi connectivity index (χ0) is 24.1. The fourth-order valence-corrected chi connectivity index (χ4v) is 4.86. The second-order valence-corrected chi connectivity index (χ2v) is 10.5. The third kappa shape index (κ3) is 6.73. The van der Waals surface area contributed by atoms with E-state index in [1.807, 2.05) is 62.1 Å². The molecular formula is C28H38N2O4. The number of nitrogens with zero attached hydrogens (tertiary/aromatic N) is 2. The largest absolute Gasteiger partial charge is 0.491 e. The molecule has 184 valence electrons. The smallest absolute Gasteiger partial charge is 0.410 e. The molecule has 6 nitrogen and oxygen atoms in total. The molecule has 1 N–H and O–H groups in total. The van der Waals surface area contributed by atoms with Gasteiger partial charge in [-0.2, -0.15) is 0 Å². The molecule has 1 saturated heterocycles. The van der Waals surface area contributed by atoms with Crippen LogP contribution in [0.5, 0.6) is 5.75 Å². The summed E-state index contributed by atoms with van der Waals surface area (Å²) in [7, 11) is 0. The quantitative estimate of drug-likeness (QED) is 0.612. The summed E-state index contributed by atoms with van der Waals surface area (Å²) in [5.41, 5.74) is 0.774. The van der Waals surface area contributed by atoms with Crippen LogP contribution in [0.3, 0.4) is 0 Å². The molecule has 4 rings (SSSR count). The van der Waals surface area contributed by atoms with Crippen LogP contribution in [0.2, 0.25) is 0 Å². The van der Waals surface area contributed by atoms with E-state index in [9.17, 15) is 9.90 Å². The second kappa shape index (κ2) is 10.8. The number of para-hydroxylation sites is 1. The molecule has 2 unspecified atom stereocenters. The average molecular weight is 467 g/mol. The number of aliphatic hydroxyl groups excluding tert-OH is 1. The van der Waals surface area contributed by atoms with Crippen molar-refractivity contribution in [2.24, 2.45) is 0 Å². The molecule has 2 aromatic rings. The van der Waals surface area contributed by atoms with Gasteiger partial charge in [0.25, 0.3) is 0 Å². The molecule has 0 radical (unpaired) electrons. The van der Waals surface area contributed by atoms with Crippen LogP contribution in [0, 0.1) is 0 Å². The summed E-state index contributed by atoms with van der Waals surface area (Å²) in [6.07, 6.45) is 1.99. The van der Waals surface area contributed by atoms with Gasteiger partial charge in [-0.05, 0) is 57.7 Å². The van der Waals surface area contributed by atoms with Gasteiger partial charge in [-0.15, -0.1) is 0 Å². The molecule has 2 fully saturated rings. The van der Waals surface area contributed by atoms with Gasteiger partial charge in [0, 0.05) is 37.6 Å². The summed E-state index contributed by atoms with van der Waals surface area (Å²) in [6, 6.07) is 20.4. The molecule has 2 aromatic carbocycles. The van der Waals surface area contributed by atoms with Gasteiger partial charge in [0.1, 0.15) is 24.1 Å². The van der Waals surface area contributed by atoms with Crippen LogP contribution in [0.4, 0.5) is 4.79 Å². The van der Waals surface area contributed by atoms with Crippen molar-refractivity contribution in [3.8, 4) is 5.75 Å². The minimum Gasteiger partial charge on any atom is -0.491 e. The number of benzene rings is 2. The number of ether oxygens (including phenoxy) is 2. The Hall–Kier alpha value is -2.57. The first-order valence-corrected chi connectivity index (χ1v) is 12.4. The summed E-state index contributed by atoms with van der Waals surface area (Å²) in [5, 5.41) is 10.5. The lowest BCUT2D eigenvalue weighted by atomic mass is 10.0. The zero-order valence-corrected chi connectivity index (χ0v) is 20.6. The molecule has 1 aliphatic heterocycles. The van der Waals surface area contributed by atoms with Crippen molar-refractivity contribution in [1.82, 2.24) is 9.80 Å². The number of likely N-dealkylation sites (tertiary alicyclic amines) is 1. The van der Waals surface area contributed by atoms with E-state index in [0.29, 0.717) is 12.5 Å². The monoisotopic (exact) mass is 466 g/mol. The first kappa shape index (κ1) is 24.6. The van der Waals surface area contributed by atoms with Crippen molar-refractivity contribution < 1.29 is 19.4 Å². The van der Waals surface area contributed by atoms with Crippen LogP contribution in [0.15, 0.2) is 60.7 Å². The SMILES string of the molecule is CC(C)(C)OC(=O)N(C1CCN(CC(O)COc2ccccc2)CC1)[C@@H]1CC1c1ccccc1. The number of aliphatic hydroxyl groups is 1. The van der Waals surface area contributed by atoms with Crippen molar-refractivity contribution in [1.29, 1.82) is 0 Å². The lowest BCUT2D eigenvalue weighted by molar-refractivity contribution is 0.000850. The van der Waals surface area contributed by atoms with Crippen LogP contribution in [0.1, 0.15) is 51.5 Å². The minimum absolute atomic E-state index is 0.155. The summed E-state index contributed by atoms with van der Waals surface area (Å²) in [5.74, 6) is 1.15. The first-order valence-electron chi connectivity index (χ1n) is 12.4. The van der Waals surface area contributed by atoms with Crippen LogP contribution >= 0.6 is 0 Å². The number of carbonyl (C=O) groups is 1. The molecule has 1 aliphatic carbocycles. The Morgan fingerprint density at radius 3 is 2.29 bits per heavy atom. The van der Waals surface area contributed by atoms with Crippen LogP contribution in [-0.4, -0.2) is 71.0 Å². The topological polar surface area (TPSA) is 62.2 Å². The van der Waals surface area contributed by atoms with Crippen molar-refractivity contribution in [3.05, 3.63) is 66.2 Å². The number of piperidine rings is 1. The summed E-state index contributed by atoms with van der Waals surface area (Å²) in [4.78, 5) is 17.5. The molecule has 0 spiro atoms. The fraction of sp³-hybridized carbons (Fsp3) is 0.536. The molecule has 34 heavy (non-hydrogen) atoms. The van der Waals surface area contributed by atoms with E-state index in [1.54, 1.807) is 0 Å². The van der Waals surface area contributed by atoms with Gasteiger partial charge in [0.15, 0.2) is 0 Å². The van der Waals surface area contributed by atoms with Gasteiger partial charge < -0.3 is 24.4 Å². The lowest BCUT2D eigenvalue weighted by Gasteiger charge is -2.40. The fourth-order valence-electron chi connectivity index (χ4n) is 4.86. The molecule has 1 saturated carbocycles. The van der Waals surface area contributed by atoms with E-state index in [4.69, 9.17) is 9.47 Å². The van der Waals surface area contributed by atoms with Gasteiger partial charge in [-0.3, -0.25) is 0 Å². The van der Waals surface area contributed by atoms with Crippen molar-refractivity contribution in [2.45, 2.75) is 69.7 Å². The summed E-state index contributed by atoms with van der Waals surface area (Å²) in [6.45, 7) is 8.30. The standard InChI is InChI=1S/C28H38N2O4/c1-28(2,3)34-27(32)30(26-18-25(26)21-10-6-4-7-11-21)22-14-16-29(17-15-22)19-23(31)20-33-24-12-8-5-9-13-24/h4-13,22-23,25-26,31H,14-20H2,1-3H3/t23?,25?,26-/m1/s1. The Labute approximate surface area is 203 Å².